The molecule has 5 aromatic rings. The van der Waals surface area contributed by atoms with Crippen LogP contribution in [-0.4, -0.2) is 4.40 Å². The van der Waals surface area contributed by atoms with Gasteiger partial charge in [0.25, 0.3) is 5.56 Å². The normalized spacial score (nSPS) is 19.4. The van der Waals surface area contributed by atoms with Gasteiger partial charge in [-0.05, 0) is 52.8 Å². The van der Waals surface area contributed by atoms with Crippen LogP contribution >= 0.6 is 0 Å². The van der Waals surface area contributed by atoms with Gasteiger partial charge in [-0.15, -0.1) is 0 Å². The van der Waals surface area contributed by atoms with Gasteiger partial charge in [-0.2, -0.15) is 0 Å². The molecule has 2 aromatic heterocycles. The van der Waals surface area contributed by atoms with Crippen molar-refractivity contribution < 1.29 is 0 Å². The molecule has 8 bridgehead atoms. The molecule has 0 radical (unpaired) electrons. The predicted molar refractivity (Wildman–Crippen MR) is 111 cm³/mol. The highest BCUT2D eigenvalue weighted by Crippen LogP contribution is 2.48. The number of para-hydroxylation sites is 1. The number of rotatable bonds is 0. The van der Waals surface area contributed by atoms with Crippen molar-refractivity contribution in [1.82, 2.24) is 4.40 Å². The Labute approximate surface area is 155 Å². The zero-order chi connectivity index (χ0) is 17.9. The molecule has 1 unspecified atom stereocenters. The zero-order valence-electron chi connectivity index (χ0n) is 14.8. The molecule has 0 N–H and O–H groups in total. The first-order valence-electron chi connectivity index (χ1n) is 9.34. The van der Waals surface area contributed by atoms with Gasteiger partial charge < -0.3 is 0 Å². The summed E-state index contributed by atoms with van der Waals surface area (Å²) >= 11 is 0. The van der Waals surface area contributed by atoms with E-state index in [1.807, 2.05) is 10.5 Å². The number of fused-ring (bicyclic) bond motifs is 3. The number of benzene rings is 3. The van der Waals surface area contributed by atoms with Crippen LogP contribution in [0.15, 0.2) is 71.5 Å². The van der Waals surface area contributed by atoms with Crippen LogP contribution in [0.4, 0.5) is 0 Å². The SMILES string of the molecule is CC12C=Cc3c1c1cccc4c5cc(ccc5c(=O)n3c14)-c1ccc2cc1. The van der Waals surface area contributed by atoms with Crippen LogP contribution in [0.1, 0.15) is 23.7 Å². The van der Waals surface area contributed by atoms with Gasteiger partial charge in [0.15, 0.2) is 0 Å². The predicted octanol–water partition coefficient (Wildman–Crippen LogP) is 5.36. The van der Waals surface area contributed by atoms with Gasteiger partial charge in [0.05, 0.1) is 11.2 Å². The number of nitrogens with zero attached hydrogens (tertiary/aromatic N) is 1. The molecule has 3 aliphatic carbocycles. The second kappa shape index (κ2) is 4.12. The molecular weight excluding hydrogens is 330 g/mol. The van der Waals surface area contributed by atoms with E-state index in [1.165, 1.54) is 22.1 Å². The van der Waals surface area contributed by atoms with E-state index in [2.05, 4.69) is 73.7 Å². The highest BCUT2D eigenvalue weighted by molar-refractivity contribution is 6.14. The summed E-state index contributed by atoms with van der Waals surface area (Å²) in [6.07, 6.45) is 4.38. The molecule has 2 nitrogen and oxygen atoms in total. The number of pyridine rings is 1. The number of hydrogen-bond donors (Lipinski definition) is 0. The number of aromatic nitrogens is 1. The lowest BCUT2D eigenvalue weighted by Gasteiger charge is -2.25. The fraction of sp³-hybridized carbons (Fsp3) is 0.0800. The lowest BCUT2D eigenvalue weighted by molar-refractivity contribution is 0.745. The van der Waals surface area contributed by atoms with Crippen LogP contribution in [0.5, 0.6) is 0 Å². The molecule has 3 aromatic carbocycles. The summed E-state index contributed by atoms with van der Waals surface area (Å²) in [7, 11) is 0. The Morgan fingerprint density at radius 2 is 1.59 bits per heavy atom. The maximum atomic E-state index is 13.5. The standard InChI is InChI=1S/C25H15NO/c1-25-12-11-21-22(25)19-4-2-3-17-20-13-15(14-5-8-16(25)9-6-14)7-10-18(20)24(27)26(21)23(17)19/h2-13H,1H3. The van der Waals surface area contributed by atoms with Gasteiger partial charge in [-0.1, -0.05) is 54.6 Å². The molecule has 3 aliphatic rings. The summed E-state index contributed by atoms with van der Waals surface area (Å²) in [5, 5.41) is 4.17. The molecule has 0 spiro atoms. The summed E-state index contributed by atoms with van der Waals surface area (Å²) in [5.74, 6) is 0. The van der Waals surface area contributed by atoms with E-state index < -0.39 is 0 Å². The van der Waals surface area contributed by atoms with E-state index in [-0.39, 0.29) is 11.0 Å². The van der Waals surface area contributed by atoms with Crippen LogP contribution in [-0.2, 0) is 5.41 Å². The Hall–Kier alpha value is -3.39. The Balaban J connectivity index is 1.93. The molecule has 27 heavy (non-hydrogen) atoms. The first-order chi connectivity index (χ1) is 13.2. The smallest absolute Gasteiger partial charge is 0.263 e. The quantitative estimate of drug-likeness (QED) is 0.346. The van der Waals surface area contributed by atoms with Gasteiger partial charge >= 0.3 is 0 Å². The minimum atomic E-state index is -0.231. The lowest BCUT2D eigenvalue weighted by atomic mass is 9.77. The van der Waals surface area contributed by atoms with E-state index in [4.69, 9.17) is 0 Å². The Morgan fingerprint density at radius 1 is 0.815 bits per heavy atom. The molecule has 2 heteroatoms. The molecule has 0 fully saturated rings. The number of allylic oxidation sites excluding steroid dienone is 1. The Kier molecular flexibility index (Phi) is 2.10. The fourth-order valence-corrected chi connectivity index (χ4v) is 5.32. The molecule has 8 rings (SSSR count). The van der Waals surface area contributed by atoms with Gasteiger partial charge in [-0.25, -0.2) is 0 Å². The molecule has 0 aliphatic heterocycles. The molecule has 0 saturated carbocycles. The van der Waals surface area contributed by atoms with E-state index in [9.17, 15) is 4.79 Å². The molecular formula is C25H15NO. The second-order valence-electron chi connectivity index (χ2n) is 7.98. The van der Waals surface area contributed by atoms with Crippen molar-refractivity contribution in [2.45, 2.75) is 12.3 Å². The monoisotopic (exact) mass is 345 g/mol. The van der Waals surface area contributed by atoms with Crippen molar-refractivity contribution in [3.8, 4) is 11.1 Å². The van der Waals surface area contributed by atoms with Crippen molar-refractivity contribution in [2.24, 2.45) is 0 Å². The Morgan fingerprint density at radius 3 is 2.44 bits per heavy atom. The first kappa shape index (κ1) is 13.8. The topological polar surface area (TPSA) is 21.5 Å². The first-order valence-corrected chi connectivity index (χ1v) is 9.34. The van der Waals surface area contributed by atoms with Gasteiger partial charge in [0, 0.05) is 21.6 Å². The van der Waals surface area contributed by atoms with E-state index in [0.29, 0.717) is 0 Å². The lowest BCUT2D eigenvalue weighted by Crippen LogP contribution is -2.18. The molecule has 2 heterocycles. The summed E-state index contributed by atoms with van der Waals surface area (Å²) in [4.78, 5) is 13.5. The zero-order valence-corrected chi connectivity index (χ0v) is 14.8. The van der Waals surface area contributed by atoms with Gasteiger partial charge in [0.2, 0.25) is 0 Å². The average Bonchev–Trinajstić information content (AvgIpc) is 3.23. The largest absolute Gasteiger partial charge is 0.275 e. The van der Waals surface area contributed by atoms with Crippen molar-refractivity contribution in [1.29, 1.82) is 0 Å². The second-order valence-corrected chi connectivity index (χ2v) is 7.98. The molecule has 0 saturated heterocycles. The van der Waals surface area contributed by atoms with Crippen molar-refractivity contribution in [3.05, 3.63) is 93.9 Å². The van der Waals surface area contributed by atoms with E-state index >= 15 is 0 Å². The third-order valence-corrected chi connectivity index (χ3v) is 6.68. The van der Waals surface area contributed by atoms with Crippen LogP contribution < -0.4 is 5.56 Å². The van der Waals surface area contributed by atoms with Crippen molar-refractivity contribution >= 4 is 33.1 Å². The van der Waals surface area contributed by atoms with Crippen molar-refractivity contribution in [2.75, 3.05) is 0 Å². The average molecular weight is 345 g/mol. The van der Waals surface area contributed by atoms with Crippen LogP contribution in [0.25, 0.3) is 44.3 Å². The minimum Gasteiger partial charge on any atom is -0.275 e. The number of hydrogen-bond acceptors (Lipinski definition) is 1. The van der Waals surface area contributed by atoms with Crippen LogP contribution in [0.3, 0.4) is 0 Å². The maximum absolute atomic E-state index is 13.5. The third-order valence-electron chi connectivity index (χ3n) is 6.68. The summed E-state index contributed by atoms with van der Waals surface area (Å²) in [6, 6.07) is 21.6. The van der Waals surface area contributed by atoms with Crippen LogP contribution in [0, 0.1) is 0 Å². The fourth-order valence-electron chi connectivity index (χ4n) is 5.32. The van der Waals surface area contributed by atoms with E-state index in [0.717, 1.165) is 32.9 Å². The Bertz CT molecular complexity index is 1540. The molecule has 1 atom stereocenters. The van der Waals surface area contributed by atoms with Gasteiger partial charge in [-0.3, -0.25) is 9.20 Å². The summed E-state index contributed by atoms with van der Waals surface area (Å²) in [5.41, 5.74) is 6.78. The molecule has 126 valence electrons. The minimum absolute atomic E-state index is 0.0814. The highest BCUT2D eigenvalue weighted by Gasteiger charge is 2.37. The summed E-state index contributed by atoms with van der Waals surface area (Å²) < 4.78 is 1.94. The maximum Gasteiger partial charge on any atom is 0.263 e. The summed E-state index contributed by atoms with van der Waals surface area (Å²) in [6.45, 7) is 2.26. The van der Waals surface area contributed by atoms with E-state index in [1.54, 1.807) is 0 Å². The van der Waals surface area contributed by atoms with Crippen molar-refractivity contribution in [3.63, 3.8) is 0 Å². The molecule has 0 amide bonds. The van der Waals surface area contributed by atoms with Gasteiger partial charge in [0.1, 0.15) is 0 Å². The third kappa shape index (κ3) is 1.37. The van der Waals surface area contributed by atoms with Crippen LogP contribution in [0.2, 0.25) is 0 Å². The highest BCUT2D eigenvalue weighted by atomic mass is 16.1.